The molecular weight excluding hydrogens is 352 g/mol. The molecule has 0 radical (unpaired) electrons. The van der Waals surface area contributed by atoms with E-state index in [1.807, 2.05) is 0 Å². The Balaban J connectivity index is 2.65. The Labute approximate surface area is 172 Å². The van der Waals surface area contributed by atoms with Gasteiger partial charge in [-0.15, -0.1) is 0 Å². The van der Waals surface area contributed by atoms with Crippen LogP contribution in [0, 0.1) is 0 Å². The van der Waals surface area contributed by atoms with Crippen LogP contribution < -0.4 is 0 Å². The number of hydrogen-bond donors (Lipinski definition) is 0. The van der Waals surface area contributed by atoms with Crippen molar-refractivity contribution in [3.63, 3.8) is 0 Å². The van der Waals surface area contributed by atoms with Gasteiger partial charge in [0.25, 0.3) is 0 Å². The van der Waals surface area contributed by atoms with Crippen molar-refractivity contribution in [3.05, 3.63) is 11.1 Å². The fourth-order valence-corrected chi connectivity index (χ4v) is 4.11. The number of methoxy groups -OCH3 is 2. The molecule has 162 valence electrons. The minimum Gasteiger partial charge on any atom is -0.469 e. The smallest absolute Gasteiger partial charge is 0.305 e. The van der Waals surface area contributed by atoms with Crippen molar-refractivity contribution in [1.29, 1.82) is 0 Å². The highest BCUT2D eigenvalue weighted by Gasteiger charge is 2.10. The highest BCUT2D eigenvalue weighted by molar-refractivity contribution is 5.69. The van der Waals surface area contributed by atoms with Crippen LogP contribution in [0.3, 0.4) is 0 Å². The Hall–Kier alpha value is -1.32. The Morgan fingerprint density at radius 1 is 0.607 bits per heavy atom. The van der Waals surface area contributed by atoms with Gasteiger partial charge in [0.1, 0.15) is 0 Å². The number of esters is 2. The second-order valence-electron chi connectivity index (χ2n) is 8.10. The van der Waals surface area contributed by atoms with Crippen molar-refractivity contribution in [2.24, 2.45) is 0 Å². The molecule has 1 rings (SSSR count). The molecule has 0 bridgehead atoms. The van der Waals surface area contributed by atoms with Crippen LogP contribution in [-0.4, -0.2) is 26.2 Å². The first kappa shape index (κ1) is 24.7. The lowest BCUT2D eigenvalue weighted by atomic mass is 9.89. The molecule has 0 atom stereocenters. The van der Waals surface area contributed by atoms with Gasteiger partial charge in [-0.3, -0.25) is 9.59 Å². The number of carbonyl (C=O) groups is 2. The first-order chi connectivity index (χ1) is 13.7. The van der Waals surface area contributed by atoms with Crippen LogP contribution >= 0.6 is 0 Å². The van der Waals surface area contributed by atoms with E-state index in [0.717, 1.165) is 38.5 Å². The molecular formula is C24H42O4. The van der Waals surface area contributed by atoms with E-state index in [4.69, 9.17) is 9.47 Å². The van der Waals surface area contributed by atoms with E-state index in [1.165, 1.54) is 78.4 Å². The van der Waals surface area contributed by atoms with Gasteiger partial charge in [0, 0.05) is 12.8 Å². The normalized spacial score (nSPS) is 16.8. The molecule has 28 heavy (non-hydrogen) atoms. The molecule has 1 aliphatic carbocycles. The van der Waals surface area contributed by atoms with Crippen LogP contribution in [-0.2, 0) is 19.1 Å². The summed E-state index contributed by atoms with van der Waals surface area (Å²) in [4.78, 5) is 22.7. The van der Waals surface area contributed by atoms with Crippen molar-refractivity contribution in [3.8, 4) is 0 Å². The van der Waals surface area contributed by atoms with Gasteiger partial charge >= 0.3 is 11.9 Å². The van der Waals surface area contributed by atoms with Crippen LogP contribution in [0.2, 0.25) is 0 Å². The summed E-state index contributed by atoms with van der Waals surface area (Å²) >= 11 is 0. The topological polar surface area (TPSA) is 52.6 Å². The Morgan fingerprint density at radius 2 is 0.964 bits per heavy atom. The predicted molar refractivity (Wildman–Crippen MR) is 114 cm³/mol. The first-order valence-electron chi connectivity index (χ1n) is 11.5. The van der Waals surface area contributed by atoms with Crippen LogP contribution in [0.4, 0.5) is 0 Å². The molecule has 0 amide bonds. The molecule has 0 N–H and O–H groups in total. The van der Waals surface area contributed by atoms with Crippen LogP contribution in [0.25, 0.3) is 0 Å². The molecule has 4 heteroatoms. The highest BCUT2D eigenvalue weighted by atomic mass is 16.5. The standard InChI is InChI=1S/C24H42O4/c1-27-23(25)19-13-11-17-21-15-9-7-5-3-4-6-8-10-16-22(21)18-12-14-20-24(26)28-2/h3-20H2,1-2H3. The zero-order valence-corrected chi connectivity index (χ0v) is 18.4. The van der Waals surface area contributed by atoms with Gasteiger partial charge in [0.15, 0.2) is 0 Å². The summed E-state index contributed by atoms with van der Waals surface area (Å²) in [5, 5.41) is 0. The Morgan fingerprint density at radius 3 is 1.32 bits per heavy atom. The summed E-state index contributed by atoms with van der Waals surface area (Å²) in [5.74, 6) is -0.202. The largest absolute Gasteiger partial charge is 0.469 e. The van der Waals surface area contributed by atoms with Crippen molar-refractivity contribution in [2.45, 2.75) is 116 Å². The zero-order valence-electron chi connectivity index (χ0n) is 18.4. The summed E-state index contributed by atoms with van der Waals surface area (Å²) in [7, 11) is 2.92. The van der Waals surface area contributed by atoms with Gasteiger partial charge in [-0.2, -0.15) is 0 Å². The fourth-order valence-electron chi connectivity index (χ4n) is 4.11. The second-order valence-corrected chi connectivity index (χ2v) is 8.10. The number of rotatable bonds is 10. The van der Waals surface area contributed by atoms with Crippen LogP contribution in [0.1, 0.15) is 116 Å². The SMILES string of the molecule is COC(=O)CCCCC1=C(CCCCC(=O)OC)CCCCCCCCCC1. The average Bonchev–Trinajstić information content (AvgIpc) is 2.70. The number of carbonyl (C=O) groups excluding carboxylic acids is 2. The van der Waals surface area contributed by atoms with Gasteiger partial charge in [-0.05, 0) is 64.2 Å². The van der Waals surface area contributed by atoms with Crippen molar-refractivity contribution >= 4 is 11.9 Å². The number of hydrogen-bond acceptors (Lipinski definition) is 4. The summed E-state index contributed by atoms with van der Waals surface area (Å²) in [6.07, 6.45) is 20.4. The number of allylic oxidation sites excluding steroid dienone is 2. The molecule has 0 saturated heterocycles. The lowest BCUT2D eigenvalue weighted by Gasteiger charge is -2.17. The zero-order chi connectivity index (χ0) is 20.5. The third-order valence-electron chi connectivity index (χ3n) is 5.88. The minimum absolute atomic E-state index is 0.101. The van der Waals surface area contributed by atoms with Gasteiger partial charge in [0.2, 0.25) is 0 Å². The van der Waals surface area contributed by atoms with Gasteiger partial charge in [0.05, 0.1) is 14.2 Å². The lowest BCUT2D eigenvalue weighted by Crippen LogP contribution is -2.02. The molecule has 1 aliphatic rings. The molecule has 0 spiro atoms. The monoisotopic (exact) mass is 394 g/mol. The minimum atomic E-state index is -0.101. The first-order valence-corrected chi connectivity index (χ1v) is 11.5. The van der Waals surface area contributed by atoms with Crippen molar-refractivity contribution < 1.29 is 19.1 Å². The molecule has 0 heterocycles. The maximum atomic E-state index is 11.4. The van der Waals surface area contributed by atoms with Crippen LogP contribution in [0.5, 0.6) is 0 Å². The maximum absolute atomic E-state index is 11.4. The summed E-state index contributed by atoms with van der Waals surface area (Å²) in [5.41, 5.74) is 3.28. The second kappa shape index (κ2) is 16.6. The molecule has 0 unspecified atom stereocenters. The Kier molecular flexibility index (Phi) is 14.7. The van der Waals surface area contributed by atoms with Crippen LogP contribution in [0.15, 0.2) is 11.1 Å². The van der Waals surface area contributed by atoms with Gasteiger partial charge < -0.3 is 9.47 Å². The van der Waals surface area contributed by atoms with Gasteiger partial charge in [-0.25, -0.2) is 0 Å². The van der Waals surface area contributed by atoms with E-state index in [2.05, 4.69) is 0 Å². The van der Waals surface area contributed by atoms with E-state index in [9.17, 15) is 9.59 Å². The Bertz CT molecular complexity index is 425. The molecule has 0 fully saturated rings. The third kappa shape index (κ3) is 12.2. The van der Waals surface area contributed by atoms with E-state index in [1.54, 1.807) is 11.1 Å². The number of unbranched alkanes of at least 4 members (excludes halogenated alkanes) is 2. The molecule has 4 nitrogen and oxygen atoms in total. The van der Waals surface area contributed by atoms with Crippen molar-refractivity contribution in [1.82, 2.24) is 0 Å². The highest BCUT2D eigenvalue weighted by Crippen LogP contribution is 2.29. The molecule has 0 aromatic carbocycles. The summed E-state index contributed by atoms with van der Waals surface area (Å²) in [6, 6.07) is 0. The van der Waals surface area contributed by atoms with Crippen molar-refractivity contribution in [2.75, 3.05) is 14.2 Å². The van der Waals surface area contributed by atoms with E-state index in [-0.39, 0.29) is 11.9 Å². The fraction of sp³-hybridized carbons (Fsp3) is 0.833. The van der Waals surface area contributed by atoms with E-state index in [0.29, 0.717) is 12.8 Å². The average molecular weight is 395 g/mol. The lowest BCUT2D eigenvalue weighted by molar-refractivity contribution is -0.141. The van der Waals surface area contributed by atoms with E-state index >= 15 is 0 Å². The molecule has 0 aromatic rings. The molecule has 0 aromatic heterocycles. The molecule has 0 saturated carbocycles. The third-order valence-corrected chi connectivity index (χ3v) is 5.88. The maximum Gasteiger partial charge on any atom is 0.305 e. The molecule has 0 aliphatic heterocycles. The van der Waals surface area contributed by atoms with E-state index < -0.39 is 0 Å². The summed E-state index contributed by atoms with van der Waals surface area (Å²) < 4.78 is 9.52. The van der Waals surface area contributed by atoms with Gasteiger partial charge in [-0.1, -0.05) is 49.7 Å². The quantitative estimate of drug-likeness (QED) is 0.236. The predicted octanol–water partition coefficient (Wildman–Crippen LogP) is 6.66. The summed E-state index contributed by atoms with van der Waals surface area (Å²) in [6.45, 7) is 0. The number of ether oxygens (including phenoxy) is 2.